The van der Waals surface area contributed by atoms with Gasteiger partial charge in [0.2, 0.25) is 0 Å². The van der Waals surface area contributed by atoms with E-state index in [1.54, 1.807) is 6.07 Å². The summed E-state index contributed by atoms with van der Waals surface area (Å²) in [6, 6.07) is 5.41. The van der Waals surface area contributed by atoms with Crippen molar-refractivity contribution in [3.8, 4) is 5.75 Å². The van der Waals surface area contributed by atoms with E-state index in [0.717, 1.165) is 18.0 Å². The Morgan fingerprint density at radius 1 is 1.60 bits per heavy atom. The van der Waals surface area contributed by atoms with Gasteiger partial charge in [0.1, 0.15) is 12.4 Å². The highest BCUT2D eigenvalue weighted by Crippen LogP contribution is 2.31. The lowest BCUT2D eigenvalue weighted by atomic mass is 10.1. The molecule has 1 aliphatic rings. The summed E-state index contributed by atoms with van der Waals surface area (Å²) in [6.07, 6.45) is 0. The average molecular weight is 226 g/mol. The molecule has 0 unspecified atom stereocenters. The molecule has 1 aliphatic heterocycles. The van der Waals surface area contributed by atoms with Crippen molar-refractivity contribution < 1.29 is 9.53 Å². The van der Waals surface area contributed by atoms with Crippen LogP contribution in [0.1, 0.15) is 10.4 Å². The van der Waals surface area contributed by atoms with Gasteiger partial charge in [-0.2, -0.15) is 0 Å². The molecule has 0 saturated carbocycles. The van der Waals surface area contributed by atoms with Crippen LogP contribution in [-0.2, 0) is 0 Å². The van der Waals surface area contributed by atoms with Gasteiger partial charge in [0, 0.05) is 12.6 Å². The number of rotatable bonds is 2. The number of anilines is 1. The molecule has 80 valence electrons. The first kappa shape index (κ1) is 10.3. The van der Waals surface area contributed by atoms with Crippen LogP contribution in [0, 0.1) is 0 Å². The van der Waals surface area contributed by atoms with E-state index in [2.05, 4.69) is 4.90 Å². The second kappa shape index (κ2) is 4.11. The quantitative estimate of drug-likeness (QED) is 0.569. The molecule has 0 bridgehead atoms. The number of Topliss-reactive ketones (excluding diaryl/α,β-unsaturated/α-hetero) is 1. The lowest BCUT2D eigenvalue weighted by Gasteiger charge is -2.27. The number of ether oxygens (including phenoxy) is 1. The second-order valence-electron chi connectivity index (χ2n) is 3.51. The Bertz CT molecular complexity index is 392. The van der Waals surface area contributed by atoms with Crippen molar-refractivity contribution in [2.45, 2.75) is 0 Å². The van der Waals surface area contributed by atoms with E-state index >= 15 is 0 Å². The number of alkyl halides is 1. The Morgan fingerprint density at radius 3 is 3.13 bits per heavy atom. The second-order valence-corrected chi connectivity index (χ2v) is 3.78. The number of halogens is 1. The predicted octanol–water partition coefficient (Wildman–Crippen LogP) is 1.94. The van der Waals surface area contributed by atoms with Gasteiger partial charge in [-0.3, -0.25) is 4.79 Å². The number of fused-ring (bicyclic) bond motifs is 1. The first-order valence-electron chi connectivity index (χ1n) is 4.79. The smallest absolute Gasteiger partial charge is 0.177 e. The summed E-state index contributed by atoms with van der Waals surface area (Å²) in [4.78, 5) is 13.5. The van der Waals surface area contributed by atoms with Gasteiger partial charge in [0.05, 0.1) is 18.1 Å². The van der Waals surface area contributed by atoms with Crippen molar-refractivity contribution in [3.63, 3.8) is 0 Å². The molecule has 0 amide bonds. The summed E-state index contributed by atoms with van der Waals surface area (Å²) in [6.45, 7) is 1.53. The van der Waals surface area contributed by atoms with Crippen molar-refractivity contribution in [3.05, 3.63) is 23.8 Å². The first-order chi connectivity index (χ1) is 7.22. The summed E-state index contributed by atoms with van der Waals surface area (Å²) in [7, 11) is 1.98. The third-order valence-corrected chi connectivity index (χ3v) is 2.74. The van der Waals surface area contributed by atoms with Crippen molar-refractivity contribution in [2.75, 3.05) is 31.0 Å². The number of ketones is 1. The number of benzene rings is 1. The van der Waals surface area contributed by atoms with Gasteiger partial charge in [-0.15, -0.1) is 11.6 Å². The summed E-state index contributed by atoms with van der Waals surface area (Å²) < 4.78 is 5.48. The maximum atomic E-state index is 11.4. The third kappa shape index (κ3) is 1.92. The zero-order valence-corrected chi connectivity index (χ0v) is 9.25. The lowest BCUT2D eigenvalue weighted by molar-refractivity contribution is 0.102. The fourth-order valence-electron chi connectivity index (χ4n) is 1.60. The minimum Gasteiger partial charge on any atom is -0.490 e. The van der Waals surface area contributed by atoms with E-state index in [1.165, 1.54) is 0 Å². The van der Waals surface area contributed by atoms with Crippen LogP contribution in [0.15, 0.2) is 18.2 Å². The maximum Gasteiger partial charge on any atom is 0.177 e. The largest absolute Gasteiger partial charge is 0.490 e. The molecule has 3 nitrogen and oxygen atoms in total. The summed E-state index contributed by atoms with van der Waals surface area (Å²) in [5.74, 6) is 0.789. The van der Waals surface area contributed by atoms with Crippen LogP contribution < -0.4 is 9.64 Å². The van der Waals surface area contributed by atoms with Gasteiger partial charge in [-0.05, 0) is 18.2 Å². The summed E-state index contributed by atoms with van der Waals surface area (Å²) >= 11 is 5.51. The van der Waals surface area contributed by atoms with E-state index in [1.807, 2.05) is 19.2 Å². The van der Waals surface area contributed by atoms with Crippen molar-refractivity contribution in [1.82, 2.24) is 0 Å². The molecule has 2 rings (SSSR count). The summed E-state index contributed by atoms with van der Waals surface area (Å²) in [5.41, 5.74) is 1.60. The van der Waals surface area contributed by atoms with Crippen LogP contribution in [0.5, 0.6) is 5.75 Å². The molecular formula is C11H12ClNO2. The Balaban J connectivity index is 2.39. The standard InChI is InChI=1S/C11H12ClNO2/c1-13-4-5-15-11-3-2-8(6-9(11)13)10(14)7-12/h2-3,6H,4-5,7H2,1H3. The number of hydrogen-bond donors (Lipinski definition) is 0. The normalized spacial score (nSPS) is 14.4. The first-order valence-corrected chi connectivity index (χ1v) is 5.33. The Hall–Kier alpha value is -1.22. The molecule has 0 saturated heterocycles. The van der Waals surface area contributed by atoms with E-state index in [0.29, 0.717) is 12.2 Å². The molecule has 0 spiro atoms. The third-order valence-electron chi connectivity index (χ3n) is 2.50. The number of hydrogen-bond acceptors (Lipinski definition) is 3. The van der Waals surface area contributed by atoms with Crippen molar-refractivity contribution in [1.29, 1.82) is 0 Å². The molecule has 4 heteroatoms. The topological polar surface area (TPSA) is 29.5 Å². The highest BCUT2D eigenvalue weighted by atomic mass is 35.5. The van der Waals surface area contributed by atoms with Crippen LogP contribution in [0.3, 0.4) is 0 Å². The average Bonchev–Trinajstić information content (AvgIpc) is 2.28. The van der Waals surface area contributed by atoms with Crippen LogP contribution in [0.25, 0.3) is 0 Å². The molecule has 0 atom stereocenters. The minimum absolute atomic E-state index is 0.0172. The number of nitrogens with zero attached hydrogens (tertiary/aromatic N) is 1. The van der Waals surface area contributed by atoms with Gasteiger partial charge < -0.3 is 9.64 Å². The molecule has 1 heterocycles. The molecule has 1 aromatic rings. The fourth-order valence-corrected chi connectivity index (χ4v) is 1.76. The van der Waals surface area contributed by atoms with Gasteiger partial charge in [0.15, 0.2) is 5.78 Å². The van der Waals surface area contributed by atoms with Gasteiger partial charge >= 0.3 is 0 Å². The highest BCUT2D eigenvalue weighted by Gasteiger charge is 2.16. The van der Waals surface area contributed by atoms with E-state index in [-0.39, 0.29) is 11.7 Å². The van der Waals surface area contributed by atoms with Crippen LogP contribution >= 0.6 is 11.6 Å². The van der Waals surface area contributed by atoms with E-state index in [4.69, 9.17) is 16.3 Å². The molecular weight excluding hydrogens is 214 g/mol. The molecule has 0 fully saturated rings. The summed E-state index contributed by atoms with van der Waals surface area (Å²) in [5, 5.41) is 0. The van der Waals surface area contributed by atoms with Crippen molar-refractivity contribution in [2.24, 2.45) is 0 Å². The lowest BCUT2D eigenvalue weighted by Crippen LogP contribution is -2.29. The zero-order valence-electron chi connectivity index (χ0n) is 8.50. The number of likely N-dealkylation sites (N-methyl/N-ethyl adjacent to an activating group) is 1. The molecule has 0 N–H and O–H groups in total. The number of carbonyl (C=O) groups excluding carboxylic acids is 1. The zero-order chi connectivity index (χ0) is 10.8. The number of carbonyl (C=O) groups is 1. The van der Waals surface area contributed by atoms with E-state index < -0.39 is 0 Å². The molecule has 15 heavy (non-hydrogen) atoms. The van der Waals surface area contributed by atoms with Crippen LogP contribution in [0.4, 0.5) is 5.69 Å². The van der Waals surface area contributed by atoms with Gasteiger partial charge in [-0.1, -0.05) is 0 Å². The predicted molar refractivity (Wildman–Crippen MR) is 60.3 cm³/mol. The van der Waals surface area contributed by atoms with Gasteiger partial charge in [0.25, 0.3) is 0 Å². The van der Waals surface area contributed by atoms with E-state index in [9.17, 15) is 4.79 Å². The van der Waals surface area contributed by atoms with Crippen molar-refractivity contribution >= 4 is 23.1 Å². The Morgan fingerprint density at radius 2 is 2.40 bits per heavy atom. The monoisotopic (exact) mass is 225 g/mol. The van der Waals surface area contributed by atoms with Gasteiger partial charge in [-0.25, -0.2) is 0 Å². The highest BCUT2D eigenvalue weighted by molar-refractivity contribution is 6.30. The maximum absolute atomic E-state index is 11.4. The Kier molecular flexibility index (Phi) is 2.82. The Labute approximate surface area is 93.6 Å². The fraction of sp³-hybridized carbons (Fsp3) is 0.364. The molecule has 0 aliphatic carbocycles. The van der Waals surface area contributed by atoms with Crippen LogP contribution in [0.2, 0.25) is 0 Å². The molecule has 0 aromatic heterocycles. The minimum atomic E-state index is -0.0570. The molecule has 1 aromatic carbocycles. The van der Waals surface area contributed by atoms with Crippen LogP contribution in [-0.4, -0.2) is 31.9 Å². The SMILES string of the molecule is CN1CCOc2ccc(C(=O)CCl)cc21. The molecule has 0 radical (unpaired) electrons.